The number of hydrogen-bond acceptors (Lipinski definition) is 5. The van der Waals surface area contributed by atoms with Gasteiger partial charge in [0.15, 0.2) is 5.65 Å². The van der Waals surface area contributed by atoms with Crippen LogP contribution in [0.2, 0.25) is 5.02 Å². The van der Waals surface area contributed by atoms with E-state index < -0.39 is 5.82 Å². The van der Waals surface area contributed by atoms with E-state index in [1.807, 2.05) is 26.8 Å². The topological polar surface area (TPSA) is 72.6 Å². The van der Waals surface area contributed by atoms with Crippen molar-refractivity contribution in [2.75, 3.05) is 6.61 Å². The molecule has 1 aliphatic rings. The van der Waals surface area contributed by atoms with Gasteiger partial charge in [0.1, 0.15) is 11.6 Å². The minimum absolute atomic E-state index is 0.223. The van der Waals surface area contributed by atoms with Gasteiger partial charge in [0.2, 0.25) is 0 Å². The molecule has 9 heteroatoms. The molecule has 0 unspecified atom stereocenters. The average Bonchev–Trinajstić information content (AvgIpc) is 3.36. The van der Waals surface area contributed by atoms with E-state index in [9.17, 15) is 9.18 Å². The van der Waals surface area contributed by atoms with Gasteiger partial charge in [-0.1, -0.05) is 17.7 Å². The average molecular weight is 480 g/mol. The second-order valence-electron chi connectivity index (χ2n) is 8.53. The molecule has 0 fully saturated rings. The molecule has 1 amide bonds. The molecule has 4 aromatic rings. The summed E-state index contributed by atoms with van der Waals surface area (Å²) in [5.74, 6) is -0.482. The normalized spacial score (nSPS) is 12.9. The molecule has 174 valence electrons. The number of halogens is 2. The van der Waals surface area contributed by atoms with Crippen LogP contribution in [-0.4, -0.2) is 37.0 Å². The highest BCUT2D eigenvalue weighted by molar-refractivity contribution is 6.31. The van der Waals surface area contributed by atoms with Crippen LogP contribution in [0.25, 0.3) is 5.65 Å². The molecule has 0 atom stereocenters. The Labute approximate surface area is 201 Å². The number of benzene rings is 1. The van der Waals surface area contributed by atoms with E-state index in [1.165, 1.54) is 18.2 Å². The van der Waals surface area contributed by atoms with Crippen LogP contribution in [0.4, 0.5) is 4.39 Å². The fourth-order valence-corrected chi connectivity index (χ4v) is 4.37. The van der Waals surface area contributed by atoms with Gasteiger partial charge in [-0.05, 0) is 44.0 Å². The van der Waals surface area contributed by atoms with Gasteiger partial charge in [0.05, 0.1) is 47.4 Å². The zero-order chi connectivity index (χ0) is 24.0. The molecule has 4 heterocycles. The van der Waals surface area contributed by atoms with Gasteiger partial charge in [-0.25, -0.2) is 13.9 Å². The van der Waals surface area contributed by atoms with Crippen LogP contribution in [0.3, 0.4) is 0 Å². The maximum Gasteiger partial charge on any atom is 0.258 e. The standard InChI is InChI=1S/C25H23ClFN5O2/c1-14-8-17(11-28-10-14)6-7-34-22-9-18(27)4-5-19(22)25(33)31-12-20-21(13-31)30-32-16(3)23(26)15(2)29-24(20)32/h4-5,8-11H,6-7,12-13H2,1-3H3. The quantitative estimate of drug-likeness (QED) is 0.417. The number of rotatable bonds is 5. The number of hydrogen-bond donors (Lipinski definition) is 0. The minimum Gasteiger partial charge on any atom is -0.492 e. The van der Waals surface area contributed by atoms with Crippen molar-refractivity contribution in [2.24, 2.45) is 0 Å². The van der Waals surface area contributed by atoms with E-state index in [4.69, 9.17) is 16.3 Å². The molecule has 0 radical (unpaired) electrons. The maximum absolute atomic E-state index is 14.0. The lowest BCUT2D eigenvalue weighted by Crippen LogP contribution is -2.26. The molecule has 7 nitrogen and oxygen atoms in total. The fourth-order valence-electron chi connectivity index (χ4n) is 4.25. The molecule has 0 spiro atoms. The molecule has 1 aromatic carbocycles. The number of carbonyl (C=O) groups is 1. The third-order valence-corrected chi connectivity index (χ3v) is 6.54. The zero-order valence-electron chi connectivity index (χ0n) is 19.1. The van der Waals surface area contributed by atoms with Crippen LogP contribution in [0.1, 0.15) is 44.1 Å². The summed E-state index contributed by atoms with van der Waals surface area (Å²) >= 11 is 6.32. The van der Waals surface area contributed by atoms with Crippen LogP contribution in [-0.2, 0) is 19.5 Å². The first-order valence-electron chi connectivity index (χ1n) is 11.0. The van der Waals surface area contributed by atoms with Crippen molar-refractivity contribution in [1.29, 1.82) is 0 Å². The number of amides is 1. The lowest BCUT2D eigenvalue weighted by Gasteiger charge is -2.18. The predicted octanol–water partition coefficient (Wildman–Crippen LogP) is 4.62. The molecule has 0 saturated heterocycles. The summed E-state index contributed by atoms with van der Waals surface area (Å²) in [6.07, 6.45) is 4.15. The van der Waals surface area contributed by atoms with E-state index >= 15 is 0 Å². The van der Waals surface area contributed by atoms with Crippen molar-refractivity contribution in [3.05, 3.63) is 86.8 Å². The fraction of sp³-hybridized carbons (Fsp3) is 0.280. The summed E-state index contributed by atoms with van der Waals surface area (Å²) in [7, 11) is 0. The Kier molecular flexibility index (Phi) is 5.69. The van der Waals surface area contributed by atoms with E-state index in [1.54, 1.807) is 21.8 Å². The number of aryl methyl sites for hydroxylation is 3. The molecule has 0 bridgehead atoms. The summed E-state index contributed by atoms with van der Waals surface area (Å²) in [5, 5.41) is 5.21. The minimum atomic E-state index is -0.460. The van der Waals surface area contributed by atoms with Gasteiger partial charge in [0.25, 0.3) is 5.91 Å². The molecule has 0 N–H and O–H groups in total. The smallest absolute Gasteiger partial charge is 0.258 e. The summed E-state index contributed by atoms with van der Waals surface area (Å²) in [6, 6.07) is 6.02. The highest BCUT2D eigenvalue weighted by atomic mass is 35.5. The zero-order valence-corrected chi connectivity index (χ0v) is 19.9. The molecular formula is C25H23ClFN5O2. The lowest BCUT2D eigenvalue weighted by atomic mass is 10.1. The molecule has 3 aromatic heterocycles. The highest BCUT2D eigenvalue weighted by Gasteiger charge is 2.31. The number of ether oxygens (including phenoxy) is 1. The first kappa shape index (κ1) is 22.3. The Morgan fingerprint density at radius 3 is 2.79 bits per heavy atom. The predicted molar refractivity (Wildman–Crippen MR) is 126 cm³/mol. The number of carbonyl (C=O) groups excluding carboxylic acids is 1. The summed E-state index contributed by atoms with van der Waals surface area (Å²) in [5.41, 5.74) is 6.30. The van der Waals surface area contributed by atoms with Crippen molar-refractivity contribution in [3.8, 4) is 5.75 Å². The Morgan fingerprint density at radius 2 is 2.00 bits per heavy atom. The molecule has 5 rings (SSSR count). The monoisotopic (exact) mass is 479 g/mol. The van der Waals surface area contributed by atoms with Crippen LogP contribution in [0, 0.1) is 26.6 Å². The van der Waals surface area contributed by atoms with Crippen molar-refractivity contribution in [3.63, 3.8) is 0 Å². The van der Waals surface area contributed by atoms with E-state index in [2.05, 4.69) is 15.1 Å². The van der Waals surface area contributed by atoms with Gasteiger partial charge in [0, 0.05) is 30.4 Å². The highest BCUT2D eigenvalue weighted by Crippen LogP contribution is 2.31. The van der Waals surface area contributed by atoms with Crippen LogP contribution in [0.15, 0.2) is 36.7 Å². The Morgan fingerprint density at radius 1 is 1.18 bits per heavy atom. The van der Waals surface area contributed by atoms with Gasteiger partial charge >= 0.3 is 0 Å². The summed E-state index contributed by atoms with van der Waals surface area (Å²) in [6.45, 7) is 6.70. The van der Waals surface area contributed by atoms with E-state index in [0.29, 0.717) is 42.4 Å². The summed E-state index contributed by atoms with van der Waals surface area (Å²) < 4.78 is 21.6. The first-order valence-corrected chi connectivity index (χ1v) is 11.3. The number of pyridine rings is 1. The second kappa shape index (κ2) is 8.68. The largest absolute Gasteiger partial charge is 0.492 e. The molecule has 0 aliphatic carbocycles. The lowest BCUT2D eigenvalue weighted by molar-refractivity contribution is 0.0745. The SMILES string of the molecule is Cc1cncc(CCOc2cc(F)ccc2C(=O)N2Cc3nn4c(C)c(Cl)c(C)nc4c3C2)c1. The molecular weight excluding hydrogens is 457 g/mol. The third-order valence-electron chi connectivity index (χ3n) is 6.00. The Balaban J connectivity index is 1.36. The third kappa shape index (κ3) is 3.98. The van der Waals surface area contributed by atoms with Crippen LogP contribution in [0.5, 0.6) is 5.75 Å². The second-order valence-corrected chi connectivity index (χ2v) is 8.91. The Hall–Kier alpha value is -3.52. The van der Waals surface area contributed by atoms with Gasteiger partial charge in [-0.2, -0.15) is 5.10 Å². The van der Waals surface area contributed by atoms with Crippen molar-refractivity contribution < 1.29 is 13.9 Å². The van der Waals surface area contributed by atoms with Crippen molar-refractivity contribution >= 4 is 23.2 Å². The van der Waals surface area contributed by atoms with Crippen LogP contribution >= 0.6 is 11.6 Å². The molecule has 34 heavy (non-hydrogen) atoms. The van der Waals surface area contributed by atoms with Crippen LogP contribution < -0.4 is 4.74 Å². The van der Waals surface area contributed by atoms with Crippen molar-refractivity contribution in [1.82, 2.24) is 24.5 Å². The maximum atomic E-state index is 14.0. The van der Waals surface area contributed by atoms with Gasteiger partial charge in [-0.3, -0.25) is 9.78 Å². The number of nitrogens with zero attached hydrogens (tertiary/aromatic N) is 5. The Bertz CT molecular complexity index is 1430. The summed E-state index contributed by atoms with van der Waals surface area (Å²) in [4.78, 5) is 23.8. The number of fused-ring (bicyclic) bond motifs is 3. The molecule has 0 saturated carbocycles. The van der Waals surface area contributed by atoms with Gasteiger partial charge in [-0.15, -0.1) is 0 Å². The van der Waals surface area contributed by atoms with Crippen molar-refractivity contribution in [2.45, 2.75) is 40.3 Å². The van der Waals surface area contributed by atoms with E-state index in [0.717, 1.165) is 33.8 Å². The van der Waals surface area contributed by atoms with Gasteiger partial charge < -0.3 is 9.64 Å². The molecule has 1 aliphatic heterocycles. The van der Waals surface area contributed by atoms with E-state index in [-0.39, 0.29) is 11.7 Å². The number of aromatic nitrogens is 4. The first-order chi connectivity index (χ1) is 16.3.